The molecule has 2 aliphatic rings. The van der Waals surface area contributed by atoms with Crippen LogP contribution in [0.15, 0.2) is 18.2 Å². The van der Waals surface area contributed by atoms with Gasteiger partial charge < -0.3 is 19.7 Å². The minimum Gasteiger partial charge on any atom is -0.486 e. The van der Waals surface area contributed by atoms with Crippen molar-refractivity contribution in [1.82, 2.24) is 5.32 Å². The number of fused-ring (bicyclic) bond motifs is 1. The van der Waals surface area contributed by atoms with E-state index in [-0.39, 0.29) is 17.9 Å². The molecular weight excluding hydrogens is 296 g/mol. The predicted octanol–water partition coefficient (Wildman–Crippen LogP) is 1.73. The highest BCUT2D eigenvalue weighted by Gasteiger charge is 2.32. The maximum atomic E-state index is 12.3. The lowest BCUT2D eigenvalue weighted by molar-refractivity contribution is -0.122. The zero-order valence-electron chi connectivity index (χ0n) is 13.5. The highest BCUT2D eigenvalue weighted by atomic mass is 16.6. The first-order valence-electron chi connectivity index (χ1n) is 8.02. The third-order valence-electron chi connectivity index (χ3n) is 3.92. The Morgan fingerprint density at radius 3 is 2.78 bits per heavy atom. The first-order chi connectivity index (χ1) is 11.0. The van der Waals surface area contributed by atoms with Crippen molar-refractivity contribution in [2.45, 2.75) is 32.7 Å². The summed E-state index contributed by atoms with van der Waals surface area (Å²) in [6, 6.07) is 5.36. The molecule has 0 aliphatic carbocycles. The molecule has 6 heteroatoms. The molecule has 0 aromatic heterocycles. The van der Waals surface area contributed by atoms with Crippen molar-refractivity contribution in [3.63, 3.8) is 0 Å². The van der Waals surface area contributed by atoms with E-state index in [0.29, 0.717) is 50.0 Å². The molecule has 1 N–H and O–H groups in total. The maximum absolute atomic E-state index is 12.3. The van der Waals surface area contributed by atoms with Gasteiger partial charge in [-0.1, -0.05) is 13.8 Å². The normalized spacial score (nSPS) is 20.0. The summed E-state index contributed by atoms with van der Waals surface area (Å²) in [4.78, 5) is 25.8. The van der Waals surface area contributed by atoms with E-state index in [1.54, 1.807) is 4.90 Å². The molecule has 1 aromatic rings. The fourth-order valence-corrected chi connectivity index (χ4v) is 2.91. The van der Waals surface area contributed by atoms with E-state index < -0.39 is 0 Å². The summed E-state index contributed by atoms with van der Waals surface area (Å²) in [6.07, 6.45) is 0.812. The minimum atomic E-state index is -0.137. The fraction of sp³-hybridized carbons (Fsp3) is 0.529. The van der Waals surface area contributed by atoms with Gasteiger partial charge in [0.15, 0.2) is 11.5 Å². The highest BCUT2D eigenvalue weighted by molar-refractivity contribution is 5.97. The van der Waals surface area contributed by atoms with E-state index in [9.17, 15) is 9.59 Å². The molecule has 6 nitrogen and oxygen atoms in total. The molecular formula is C17H22N2O4. The zero-order valence-corrected chi connectivity index (χ0v) is 13.5. The number of ether oxygens (including phenoxy) is 2. The van der Waals surface area contributed by atoms with E-state index in [4.69, 9.17) is 9.47 Å². The Balaban J connectivity index is 1.67. The first-order valence-corrected chi connectivity index (χ1v) is 8.02. The van der Waals surface area contributed by atoms with Crippen LogP contribution in [0.3, 0.4) is 0 Å². The number of anilines is 1. The van der Waals surface area contributed by atoms with Crippen LogP contribution in [-0.2, 0) is 9.59 Å². The number of hydrogen-bond acceptors (Lipinski definition) is 4. The van der Waals surface area contributed by atoms with Crippen LogP contribution in [0.2, 0.25) is 0 Å². The van der Waals surface area contributed by atoms with Crippen LogP contribution in [0.25, 0.3) is 0 Å². The Bertz CT molecular complexity index is 615. The lowest BCUT2D eigenvalue weighted by Crippen LogP contribution is -2.37. The van der Waals surface area contributed by atoms with Gasteiger partial charge in [-0.15, -0.1) is 0 Å². The van der Waals surface area contributed by atoms with Crippen LogP contribution in [0.4, 0.5) is 5.69 Å². The zero-order chi connectivity index (χ0) is 16.4. The minimum absolute atomic E-state index is 0.00169. The molecule has 1 aromatic carbocycles. The Hall–Kier alpha value is -2.24. The lowest BCUT2D eigenvalue weighted by Gasteiger charge is -2.22. The number of rotatable bonds is 4. The quantitative estimate of drug-likeness (QED) is 0.918. The predicted molar refractivity (Wildman–Crippen MR) is 85.8 cm³/mol. The van der Waals surface area contributed by atoms with Crippen LogP contribution in [-0.4, -0.2) is 37.6 Å². The topological polar surface area (TPSA) is 67.9 Å². The van der Waals surface area contributed by atoms with E-state index in [2.05, 4.69) is 5.32 Å². The summed E-state index contributed by atoms with van der Waals surface area (Å²) < 4.78 is 11.1. The number of hydrogen-bond donors (Lipinski definition) is 1. The summed E-state index contributed by atoms with van der Waals surface area (Å²) in [6.45, 7) is 5.54. The standard InChI is InChI=1S/C17H22N2O4/c1-11(2)7-16(20)18-12-8-17(21)19(10-12)13-3-4-14-15(9-13)23-6-5-22-14/h3-4,9,11-12H,5-8,10H2,1-2H3,(H,18,20)/t12-/m1/s1. The second-order valence-electron chi connectivity index (χ2n) is 6.40. The summed E-state index contributed by atoms with van der Waals surface area (Å²) in [5, 5.41) is 2.95. The van der Waals surface area contributed by atoms with Gasteiger partial charge in [0, 0.05) is 31.1 Å². The number of carbonyl (C=O) groups excluding carboxylic acids is 2. The molecule has 2 aliphatic heterocycles. The van der Waals surface area contributed by atoms with Gasteiger partial charge in [-0.25, -0.2) is 0 Å². The van der Waals surface area contributed by atoms with Crippen LogP contribution < -0.4 is 19.7 Å². The summed E-state index contributed by atoms with van der Waals surface area (Å²) in [5.41, 5.74) is 0.778. The summed E-state index contributed by atoms with van der Waals surface area (Å²) >= 11 is 0. The molecule has 2 amide bonds. The average molecular weight is 318 g/mol. The maximum Gasteiger partial charge on any atom is 0.229 e. The number of benzene rings is 1. The smallest absolute Gasteiger partial charge is 0.229 e. The molecule has 0 bridgehead atoms. The molecule has 1 saturated heterocycles. The molecule has 23 heavy (non-hydrogen) atoms. The van der Waals surface area contributed by atoms with Crippen molar-refractivity contribution in [2.75, 3.05) is 24.7 Å². The van der Waals surface area contributed by atoms with Crippen LogP contribution >= 0.6 is 0 Å². The summed E-state index contributed by atoms with van der Waals surface area (Å²) in [5.74, 6) is 1.68. The van der Waals surface area contributed by atoms with Gasteiger partial charge in [-0.2, -0.15) is 0 Å². The SMILES string of the molecule is CC(C)CC(=O)N[C@@H]1CC(=O)N(c2ccc3c(c2)OCCO3)C1. The van der Waals surface area contributed by atoms with E-state index >= 15 is 0 Å². The largest absolute Gasteiger partial charge is 0.486 e. The summed E-state index contributed by atoms with van der Waals surface area (Å²) in [7, 11) is 0. The van der Waals surface area contributed by atoms with Crippen molar-refractivity contribution in [2.24, 2.45) is 5.92 Å². The van der Waals surface area contributed by atoms with Crippen LogP contribution in [0.5, 0.6) is 11.5 Å². The van der Waals surface area contributed by atoms with Gasteiger partial charge in [0.25, 0.3) is 0 Å². The number of amides is 2. The molecule has 124 valence electrons. The van der Waals surface area contributed by atoms with E-state index in [1.165, 1.54) is 0 Å². The van der Waals surface area contributed by atoms with Gasteiger partial charge in [0.05, 0.1) is 6.04 Å². The second kappa shape index (κ2) is 6.48. The second-order valence-corrected chi connectivity index (χ2v) is 6.40. The molecule has 2 heterocycles. The lowest BCUT2D eigenvalue weighted by atomic mass is 10.1. The monoisotopic (exact) mass is 318 g/mol. The first kappa shape index (κ1) is 15.6. The third-order valence-corrected chi connectivity index (χ3v) is 3.92. The van der Waals surface area contributed by atoms with Crippen molar-refractivity contribution in [3.05, 3.63) is 18.2 Å². The van der Waals surface area contributed by atoms with Crippen molar-refractivity contribution in [3.8, 4) is 11.5 Å². The van der Waals surface area contributed by atoms with Gasteiger partial charge in [-0.3, -0.25) is 9.59 Å². The molecule has 0 saturated carbocycles. The molecule has 0 radical (unpaired) electrons. The molecule has 1 fully saturated rings. The third kappa shape index (κ3) is 3.57. The Morgan fingerprint density at radius 1 is 1.30 bits per heavy atom. The van der Waals surface area contributed by atoms with Gasteiger partial charge in [0.1, 0.15) is 13.2 Å². The van der Waals surface area contributed by atoms with Gasteiger partial charge >= 0.3 is 0 Å². The Kier molecular flexibility index (Phi) is 4.41. The van der Waals surface area contributed by atoms with E-state index in [1.807, 2.05) is 32.0 Å². The van der Waals surface area contributed by atoms with E-state index in [0.717, 1.165) is 5.69 Å². The van der Waals surface area contributed by atoms with Gasteiger partial charge in [-0.05, 0) is 18.1 Å². The molecule has 0 unspecified atom stereocenters. The van der Waals surface area contributed by atoms with Crippen molar-refractivity contribution < 1.29 is 19.1 Å². The van der Waals surface area contributed by atoms with Crippen molar-refractivity contribution >= 4 is 17.5 Å². The molecule has 3 rings (SSSR count). The van der Waals surface area contributed by atoms with Crippen LogP contribution in [0.1, 0.15) is 26.7 Å². The van der Waals surface area contributed by atoms with Crippen molar-refractivity contribution in [1.29, 1.82) is 0 Å². The number of nitrogens with one attached hydrogen (secondary N) is 1. The Morgan fingerprint density at radius 2 is 2.04 bits per heavy atom. The molecule has 0 spiro atoms. The van der Waals surface area contributed by atoms with Gasteiger partial charge in [0.2, 0.25) is 11.8 Å². The Labute approximate surface area is 135 Å². The average Bonchev–Trinajstić information content (AvgIpc) is 2.86. The van der Waals surface area contributed by atoms with Crippen LogP contribution in [0, 0.1) is 5.92 Å². The molecule has 1 atom stereocenters. The number of carbonyl (C=O) groups is 2. The fourth-order valence-electron chi connectivity index (χ4n) is 2.91. The highest BCUT2D eigenvalue weighted by Crippen LogP contribution is 2.35. The number of nitrogens with zero attached hydrogens (tertiary/aromatic N) is 1.